The monoisotopic (exact) mass is 181 g/mol. The molecule has 0 fully saturated rings. The van der Waals surface area contributed by atoms with Gasteiger partial charge in [0.1, 0.15) is 5.69 Å². The number of nitrogens with zero attached hydrogens (tertiary/aromatic N) is 2. The lowest BCUT2D eigenvalue weighted by Crippen LogP contribution is -1.99. The van der Waals surface area contributed by atoms with E-state index in [0.717, 1.165) is 6.21 Å². The molecule has 0 bridgehead atoms. The van der Waals surface area contributed by atoms with Crippen LogP contribution >= 0.6 is 0 Å². The van der Waals surface area contributed by atoms with Gasteiger partial charge in [0.15, 0.2) is 0 Å². The summed E-state index contributed by atoms with van der Waals surface area (Å²) in [6.07, 6.45) is 0.967. The zero-order valence-electron chi connectivity index (χ0n) is 6.54. The third kappa shape index (κ3) is 1.73. The van der Waals surface area contributed by atoms with E-state index >= 15 is 0 Å². The molecule has 0 spiro atoms. The molecule has 3 N–H and O–H groups in total. The van der Waals surface area contributed by atoms with Crippen LogP contribution in [0.25, 0.3) is 0 Å². The molecule has 0 aliphatic rings. The Kier molecular flexibility index (Phi) is 2.44. The van der Waals surface area contributed by atoms with Gasteiger partial charge in [0.25, 0.3) is 0 Å². The second-order valence-corrected chi connectivity index (χ2v) is 2.29. The van der Waals surface area contributed by atoms with E-state index in [-0.39, 0.29) is 16.9 Å². The minimum Gasteiger partial charge on any atom is -0.411 e. The van der Waals surface area contributed by atoms with E-state index in [0.29, 0.717) is 0 Å². The van der Waals surface area contributed by atoms with Crippen molar-refractivity contribution in [2.45, 2.75) is 0 Å². The minimum absolute atomic E-state index is 0.0439. The Hall–Kier alpha value is -2.11. The SMILES string of the molecule is Nc1cccc(C=NO)c1[N+](=O)[O-]. The fraction of sp³-hybridized carbons (Fsp3) is 0. The van der Waals surface area contributed by atoms with Gasteiger partial charge >= 0.3 is 5.69 Å². The predicted molar refractivity (Wildman–Crippen MR) is 46.9 cm³/mol. The first-order chi connectivity index (χ1) is 6.16. The second-order valence-electron chi connectivity index (χ2n) is 2.29. The average molecular weight is 181 g/mol. The Morgan fingerprint density at radius 1 is 1.62 bits per heavy atom. The van der Waals surface area contributed by atoms with Gasteiger partial charge in [-0.15, -0.1) is 0 Å². The molecule has 1 aromatic carbocycles. The standard InChI is InChI=1S/C7H7N3O3/c8-6-3-1-2-5(4-9-11)7(6)10(12)13/h1-4,11H,8H2. The number of benzene rings is 1. The number of nitrogen functional groups attached to an aromatic ring is 1. The lowest BCUT2D eigenvalue weighted by molar-refractivity contribution is -0.384. The maximum Gasteiger partial charge on any atom is 0.300 e. The summed E-state index contributed by atoms with van der Waals surface area (Å²) in [5.41, 5.74) is 5.34. The molecule has 0 heterocycles. The Morgan fingerprint density at radius 2 is 2.31 bits per heavy atom. The average Bonchev–Trinajstić information content (AvgIpc) is 2.04. The fourth-order valence-electron chi connectivity index (χ4n) is 0.957. The van der Waals surface area contributed by atoms with Crippen LogP contribution in [0.1, 0.15) is 5.56 Å². The first kappa shape index (κ1) is 8.98. The van der Waals surface area contributed by atoms with Crippen LogP contribution in [0.5, 0.6) is 0 Å². The van der Waals surface area contributed by atoms with Gasteiger partial charge in [0, 0.05) is 0 Å². The molecule has 0 aliphatic carbocycles. The number of anilines is 1. The number of oxime groups is 1. The number of rotatable bonds is 2. The van der Waals surface area contributed by atoms with Crippen LogP contribution in [0, 0.1) is 10.1 Å². The highest BCUT2D eigenvalue weighted by atomic mass is 16.6. The van der Waals surface area contributed by atoms with E-state index in [1.54, 1.807) is 6.07 Å². The zero-order valence-corrected chi connectivity index (χ0v) is 6.54. The van der Waals surface area contributed by atoms with E-state index < -0.39 is 4.92 Å². The molecule has 0 atom stereocenters. The van der Waals surface area contributed by atoms with E-state index in [9.17, 15) is 10.1 Å². The molecular formula is C7H7N3O3. The summed E-state index contributed by atoms with van der Waals surface area (Å²) in [5.74, 6) is 0. The van der Waals surface area contributed by atoms with Crippen LogP contribution in [-0.2, 0) is 0 Å². The van der Waals surface area contributed by atoms with Gasteiger partial charge in [-0.25, -0.2) is 0 Å². The molecule has 6 heteroatoms. The molecule has 0 aliphatic heterocycles. The van der Waals surface area contributed by atoms with Crippen molar-refractivity contribution >= 4 is 17.6 Å². The quantitative estimate of drug-likeness (QED) is 0.233. The van der Waals surface area contributed by atoms with E-state index in [2.05, 4.69) is 5.16 Å². The van der Waals surface area contributed by atoms with Crippen molar-refractivity contribution in [1.82, 2.24) is 0 Å². The van der Waals surface area contributed by atoms with Crippen LogP contribution in [-0.4, -0.2) is 16.3 Å². The van der Waals surface area contributed by atoms with Crippen molar-refractivity contribution in [2.75, 3.05) is 5.73 Å². The number of nitrogens with two attached hydrogens (primary N) is 1. The highest BCUT2D eigenvalue weighted by Gasteiger charge is 2.15. The third-order valence-corrected chi connectivity index (χ3v) is 1.48. The summed E-state index contributed by atoms with van der Waals surface area (Å²) < 4.78 is 0. The third-order valence-electron chi connectivity index (χ3n) is 1.48. The Bertz CT molecular complexity index is 362. The Labute approximate surface area is 73.4 Å². The molecule has 13 heavy (non-hydrogen) atoms. The summed E-state index contributed by atoms with van der Waals surface area (Å²) in [6, 6.07) is 4.39. The lowest BCUT2D eigenvalue weighted by Gasteiger charge is -1.98. The zero-order chi connectivity index (χ0) is 9.84. The summed E-state index contributed by atoms with van der Waals surface area (Å²) in [7, 11) is 0. The highest BCUT2D eigenvalue weighted by molar-refractivity contribution is 5.88. The number of nitro benzene ring substituents is 1. The van der Waals surface area contributed by atoms with Crippen LogP contribution in [0.15, 0.2) is 23.4 Å². The van der Waals surface area contributed by atoms with Crippen molar-refractivity contribution in [3.63, 3.8) is 0 Å². The molecule has 0 unspecified atom stereocenters. The van der Waals surface area contributed by atoms with Crippen LogP contribution in [0.3, 0.4) is 0 Å². The van der Waals surface area contributed by atoms with E-state index in [4.69, 9.17) is 10.9 Å². The van der Waals surface area contributed by atoms with Gasteiger partial charge in [-0.05, 0) is 12.1 Å². The molecule has 1 rings (SSSR count). The van der Waals surface area contributed by atoms with Crippen LogP contribution in [0.2, 0.25) is 0 Å². The van der Waals surface area contributed by atoms with Crippen molar-refractivity contribution < 1.29 is 10.1 Å². The van der Waals surface area contributed by atoms with Crippen LogP contribution in [0.4, 0.5) is 11.4 Å². The maximum absolute atomic E-state index is 10.5. The highest BCUT2D eigenvalue weighted by Crippen LogP contribution is 2.24. The number of hydrogen-bond acceptors (Lipinski definition) is 5. The molecule has 0 saturated carbocycles. The van der Waals surface area contributed by atoms with Crippen molar-refractivity contribution in [2.24, 2.45) is 5.16 Å². The molecular weight excluding hydrogens is 174 g/mol. The van der Waals surface area contributed by atoms with Crippen LogP contribution < -0.4 is 5.73 Å². The molecule has 1 aromatic rings. The molecule has 0 aromatic heterocycles. The van der Waals surface area contributed by atoms with Gasteiger partial charge in [-0.1, -0.05) is 11.2 Å². The van der Waals surface area contributed by atoms with Gasteiger partial charge in [-0.2, -0.15) is 0 Å². The number of nitro groups is 1. The largest absolute Gasteiger partial charge is 0.411 e. The van der Waals surface area contributed by atoms with Gasteiger partial charge < -0.3 is 10.9 Å². The smallest absolute Gasteiger partial charge is 0.300 e. The van der Waals surface area contributed by atoms with Crippen molar-refractivity contribution in [3.8, 4) is 0 Å². The van der Waals surface area contributed by atoms with E-state index in [1.807, 2.05) is 0 Å². The van der Waals surface area contributed by atoms with Crippen molar-refractivity contribution in [3.05, 3.63) is 33.9 Å². The predicted octanol–water partition coefficient (Wildman–Crippen LogP) is 0.985. The molecule has 0 radical (unpaired) electrons. The van der Waals surface area contributed by atoms with Gasteiger partial charge in [0.2, 0.25) is 0 Å². The summed E-state index contributed by atoms with van der Waals surface area (Å²) in [5, 5.41) is 21.4. The number of para-hydroxylation sites is 1. The number of hydrogen-bond donors (Lipinski definition) is 2. The van der Waals surface area contributed by atoms with Crippen molar-refractivity contribution in [1.29, 1.82) is 0 Å². The summed E-state index contributed by atoms with van der Waals surface area (Å²) in [6.45, 7) is 0. The van der Waals surface area contributed by atoms with E-state index in [1.165, 1.54) is 12.1 Å². The molecule has 6 nitrogen and oxygen atoms in total. The molecule has 68 valence electrons. The molecule has 0 amide bonds. The minimum atomic E-state index is -0.619. The lowest BCUT2D eigenvalue weighted by atomic mass is 10.1. The van der Waals surface area contributed by atoms with Gasteiger partial charge in [0.05, 0.1) is 16.7 Å². The first-order valence-corrected chi connectivity index (χ1v) is 3.37. The summed E-state index contributed by atoms with van der Waals surface area (Å²) in [4.78, 5) is 9.88. The maximum atomic E-state index is 10.5. The normalized spacial score (nSPS) is 10.5. The topological polar surface area (TPSA) is 102 Å². The Balaban J connectivity index is 3.34. The van der Waals surface area contributed by atoms with Gasteiger partial charge in [-0.3, -0.25) is 10.1 Å². The second kappa shape index (κ2) is 3.53. The molecule has 0 saturated heterocycles. The first-order valence-electron chi connectivity index (χ1n) is 3.37. The summed E-state index contributed by atoms with van der Waals surface area (Å²) >= 11 is 0. The fourth-order valence-corrected chi connectivity index (χ4v) is 0.957. The Morgan fingerprint density at radius 3 is 2.85 bits per heavy atom.